The van der Waals surface area contributed by atoms with Gasteiger partial charge in [0.1, 0.15) is 6.04 Å². The lowest BCUT2D eigenvalue weighted by Gasteiger charge is -2.30. The number of ether oxygens (including phenoxy) is 2. The summed E-state index contributed by atoms with van der Waals surface area (Å²) in [5.74, 6) is -1.26. The van der Waals surface area contributed by atoms with Gasteiger partial charge in [0.25, 0.3) is 0 Å². The predicted octanol–water partition coefficient (Wildman–Crippen LogP) is 2.48. The fourth-order valence-electron chi connectivity index (χ4n) is 2.54. The highest BCUT2D eigenvalue weighted by molar-refractivity contribution is 5.97. The van der Waals surface area contributed by atoms with Crippen LogP contribution < -0.4 is 5.32 Å². The highest BCUT2D eigenvalue weighted by atomic mass is 19.4. The normalized spacial score (nSPS) is 17.0. The summed E-state index contributed by atoms with van der Waals surface area (Å²) in [5.41, 5.74) is 1.13. The minimum Gasteiger partial charge on any atom is -0.469 e. The Morgan fingerprint density at radius 2 is 1.96 bits per heavy atom. The molecule has 5 nitrogen and oxygen atoms in total. The van der Waals surface area contributed by atoms with Gasteiger partial charge in [0.05, 0.1) is 31.9 Å². The Bertz CT molecular complexity index is 628. The second kappa shape index (κ2) is 6.47. The number of anilines is 1. The van der Waals surface area contributed by atoms with Gasteiger partial charge in [-0.3, -0.25) is 4.79 Å². The molecular weight excluding hydrogens is 315 g/mol. The number of benzene rings is 1. The lowest BCUT2D eigenvalue weighted by atomic mass is 9.92. The molecule has 1 heterocycles. The third kappa shape index (κ3) is 3.75. The molecule has 8 heteroatoms. The quantitative estimate of drug-likeness (QED) is 0.862. The lowest BCUT2D eigenvalue weighted by Crippen LogP contribution is -2.39. The van der Waals surface area contributed by atoms with Crippen LogP contribution in [0.2, 0.25) is 0 Å². The van der Waals surface area contributed by atoms with E-state index in [1.807, 2.05) is 0 Å². The van der Waals surface area contributed by atoms with E-state index in [0.717, 1.165) is 7.11 Å². The Balaban J connectivity index is 2.43. The van der Waals surface area contributed by atoms with Gasteiger partial charge < -0.3 is 14.8 Å². The van der Waals surface area contributed by atoms with Gasteiger partial charge in [0.2, 0.25) is 0 Å². The van der Waals surface area contributed by atoms with Crippen molar-refractivity contribution in [1.82, 2.24) is 0 Å². The number of alkyl halides is 3. The van der Waals surface area contributed by atoms with Gasteiger partial charge in [0.15, 0.2) is 0 Å². The Morgan fingerprint density at radius 3 is 2.52 bits per heavy atom. The van der Waals surface area contributed by atoms with E-state index < -0.39 is 24.2 Å². The molecule has 1 aliphatic rings. The van der Waals surface area contributed by atoms with Crippen LogP contribution in [0.15, 0.2) is 12.1 Å². The molecular formula is C15H16F3NO4. The number of fused-ring (bicyclic) bond motifs is 1. The molecule has 1 unspecified atom stereocenters. The molecule has 126 valence electrons. The van der Waals surface area contributed by atoms with E-state index >= 15 is 0 Å². The van der Waals surface area contributed by atoms with Gasteiger partial charge in [-0.05, 0) is 30.0 Å². The fraction of sp³-hybridized carbons (Fsp3) is 0.467. The summed E-state index contributed by atoms with van der Waals surface area (Å²) in [5, 5.41) is 2.37. The van der Waals surface area contributed by atoms with Crippen molar-refractivity contribution >= 4 is 17.6 Å². The maximum absolute atomic E-state index is 12.9. The first kappa shape index (κ1) is 17.1. The third-order valence-electron chi connectivity index (χ3n) is 3.68. The first-order valence-electron chi connectivity index (χ1n) is 6.90. The zero-order chi connectivity index (χ0) is 17.2. The molecule has 0 bridgehead atoms. The molecule has 0 saturated carbocycles. The maximum Gasteiger partial charge on any atom is 0.408 e. The van der Waals surface area contributed by atoms with Crippen molar-refractivity contribution in [3.05, 3.63) is 28.8 Å². The first-order valence-corrected chi connectivity index (χ1v) is 6.90. The highest BCUT2D eigenvalue weighted by Gasteiger charge is 2.42. The van der Waals surface area contributed by atoms with Gasteiger partial charge in [-0.2, -0.15) is 13.2 Å². The number of carbonyl (C=O) groups excluding carboxylic acids is 2. The summed E-state index contributed by atoms with van der Waals surface area (Å²) in [4.78, 5) is 23.3. The number of aryl methyl sites for hydroxylation is 1. The van der Waals surface area contributed by atoms with Gasteiger partial charge in [-0.15, -0.1) is 0 Å². The van der Waals surface area contributed by atoms with Crippen LogP contribution in [-0.2, 0) is 27.1 Å². The molecule has 2 rings (SSSR count). The van der Waals surface area contributed by atoms with Crippen molar-refractivity contribution < 1.29 is 32.2 Å². The van der Waals surface area contributed by atoms with Crippen LogP contribution in [0.25, 0.3) is 0 Å². The minimum atomic E-state index is -4.41. The van der Waals surface area contributed by atoms with E-state index in [9.17, 15) is 22.8 Å². The first-order chi connectivity index (χ1) is 10.8. The Kier molecular flexibility index (Phi) is 4.82. The largest absolute Gasteiger partial charge is 0.469 e. The van der Waals surface area contributed by atoms with Crippen molar-refractivity contribution in [2.45, 2.75) is 31.5 Å². The van der Waals surface area contributed by atoms with Crippen LogP contribution in [0.3, 0.4) is 0 Å². The number of hydrogen-bond donors (Lipinski definition) is 1. The molecule has 0 aromatic heterocycles. The third-order valence-corrected chi connectivity index (χ3v) is 3.68. The summed E-state index contributed by atoms with van der Waals surface area (Å²) >= 11 is 0. The molecule has 0 radical (unpaired) electrons. The van der Waals surface area contributed by atoms with Crippen LogP contribution in [-0.4, -0.2) is 38.4 Å². The van der Waals surface area contributed by atoms with Crippen LogP contribution >= 0.6 is 0 Å². The maximum atomic E-state index is 12.9. The number of carbonyl (C=O) groups is 2. The highest BCUT2D eigenvalue weighted by Crippen LogP contribution is 2.36. The number of rotatable bonds is 3. The molecule has 1 N–H and O–H groups in total. The average molecular weight is 331 g/mol. The van der Waals surface area contributed by atoms with E-state index in [2.05, 4.69) is 14.8 Å². The standard InChI is InChI=1S/C15H16F3NO4/c1-22-12(20)7-8-5-9-3-4-11(15(16,17)18)19-13(9)10(6-8)14(21)23-2/h5-6,11,19H,3-4,7H2,1-2H3. The number of nitrogens with one attached hydrogen (secondary N) is 1. The molecule has 23 heavy (non-hydrogen) atoms. The van der Waals surface area contributed by atoms with Crippen molar-refractivity contribution in [3.8, 4) is 0 Å². The number of methoxy groups -OCH3 is 2. The Morgan fingerprint density at radius 1 is 1.26 bits per heavy atom. The average Bonchev–Trinajstić information content (AvgIpc) is 2.51. The molecule has 1 aliphatic heterocycles. The summed E-state index contributed by atoms with van der Waals surface area (Å²) in [6.45, 7) is 0. The summed E-state index contributed by atoms with van der Waals surface area (Å²) in [6.07, 6.45) is -4.48. The molecule has 1 aromatic carbocycles. The topological polar surface area (TPSA) is 64.6 Å². The Labute approximate surface area is 130 Å². The minimum absolute atomic E-state index is 0.0159. The number of esters is 2. The molecule has 0 aliphatic carbocycles. The number of hydrogen-bond acceptors (Lipinski definition) is 5. The van der Waals surface area contributed by atoms with Gasteiger partial charge >= 0.3 is 18.1 Å². The molecule has 0 fully saturated rings. The molecule has 0 saturated heterocycles. The van der Waals surface area contributed by atoms with Crippen LogP contribution in [0.5, 0.6) is 0 Å². The predicted molar refractivity (Wildman–Crippen MR) is 75.3 cm³/mol. The molecule has 0 amide bonds. The smallest absolute Gasteiger partial charge is 0.408 e. The Hall–Kier alpha value is -2.25. The zero-order valence-corrected chi connectivity index (χ0v) is 12.6. The molecule has 1 aromatic rings. The lowest BCUT2D eigenvalue weighted by molar-refractivity contribution is -0.144. The van der Waals surface area contributed by atoms with Crippen LogP contribution in [0.1, 0.15) is 27.9 Å². The van der Waals surface area contributed by atoms with Crippen LogP contribution in [0, 0.1) is 0 Å². The second-order valence-electron chi connectivity index (χ2n) is 5.20. The summed E-state index contributed by atoms with van der Waals surface area (Å²) in [6, 6.07) is 1.25. The van der Waals surface area contributed by atoms with Gasteiger partial charge in [-0.1, -0.05) is 6.07 Å². The van der Waals surface area contributed by atoms with Crippen molar-refractivity contribution in [1.29, 1.82) is 0 Å². The SMILES string of the molecule is COC(=O)Cc1cc2c(c(C(=O)OC)c1)NC(C(F)(F)F)CC2. The van der Waals surface area contributed by atoms with E-state index in [4.69, 9.17) is 0 Å². The molecule has 1 atom stereocenters. The second-order valence-corrected chi connectivity index (χ2v) is 5.20. The van der Waals surface area contributed by atoms with Crippen molar-refractivity contribution in [2.24, 2.45) is 0 Å². The van der Waals surface area contributed by atoms with E-state index in [0.29, 0.717) is 11.1 Å². The number of halogens is 3. The van der Waals surface area contributed by atoms with Crippen molar-refractivity contribution in [3.63, 3.8) is 0 Å². The molecule has 0 spiro atoms. The van der Waals surface area contributed by atoms with Crippen LogP contribution in [0.4, 0.5) is 18.9 Å². The van der Waals surface area contributed by atoms with E-state index in [-0.39, 0.29) is 30.5 Å². The monoisotopic (exact) mass is 331 g/mol. The van der Waals surface area contributed by atoms with E-state index in [1.165, 1.54) is 13.2 Å². The summed E-state index contributed by atoms with van der Waals surface area (Å²) in [7, 11) is 2.38. The van der Waals surface area contributed by atoms with Crippen molar-refractivity contribution in [2.75, 3.05) is 19.5 Å². The zero-order valence-electron chi connectivity index (χ0n) is 12.6. The van der Waals surface area contributed by atoms with Gasteiger partial charge in [-0.25, -0.2) is 4.79 Å². The van der Waals surface area contributed by atoms with Gasteiger partial charge in [0, 0.05) is 0 Å². The van der Waals surface area contributed by atoms with E-state index in [1.54, 1.807) is 6.07 Å². The summed E-state index contributed by atoms with van der Waals surface area (Å²) < 4.78 is 47.9. The fourth-order valence-corrected chi connectivity index (χ4v) is 2.54.